The van der Waals surface area contributed by atoms with Gasteiger partial charge < -0.3 is 15.4 Å². The van der Waals surface area contributed by atoms with E-state index in [1.54, 1.807) is 24.1 Å². The van der Waals surface area contributed by atoms with E-state index < -0.39 is 0 Å². The Hall–Kier alpha value is -2.86. The zero-order valence-corrected chi connectivity index (χ0v) is 17.7. The average Bonchev–Trinajstić information content (AvgIpc) is 2.73. The lowest BCUT2D eigenvalue weighted by atomic mass is 10.0. The normalized spacial score (nSPS) is 10.7. The van der Waals surface area contributed by atoms with Crippen molar-refractivity contribution < 1.29 is 14.3 Å². The van der Waals surface area contributed by atoms with Crippen LogP contribution in [0.4, 0.5) is 11.4 Å². The van der Waals surface area contributed by atoms with Crippen LogP contribution < -0.4 is 15.4 Å². The summed E-state index contributed by atoms with van der Waals surface area (Å²) in [6, 6.07) is 13.3. The largest absolute Gasteiger partial charge is 0.495 e. The molecule has 0 atom stereocenters. The molecule has 6 heteroatoms. The summed E-state index contributed by atoms with van der Waals surface area (Å²) in [5, 5.41) is 5.90. The van der Waals surface area contributed by atoms with E-state index in [0.717, 1.165) is 29.7 Å². The molecule has 2 amide bonds. The number of nitrogens with one attached hydrogen (secondary N) is 2. The fraction of sp³-hybridized carbons (Fsp3) is 0.391. The van der Waals surface area contributed by atoms with Crippen molar-refractivity contribution in [3.8, 4) is 5.75 Å². The van der Waals surface area contributed by atoms with E-state index in [9.17, 15) is 9.59 Å². The smallest absolute Gasteiger partial charge is 0.238 e. The van der Waals surface area contributed by atoms with Crippen molar-refractivity contribution in [2.45, 2.75) is 33.6 Å². The highest BCUT2D eigenvalue weighted by Gasteiger charge is 2.16. The molecule has 0 radical (unpaired) electrons. The molecule has 2 aromatic carbocycles. The van der Waals surface area contributed by atoms with E-state index >= 15 is 0 Å². The van der Waals surface area contributed by atoms with E-state index in [0.29, 0.717) is 18.0 Å². The van der Waals surface area contributed by atoms with E-state index in [1.807, 2.05) is 37.3 Å². The van der Waals surface area contributed by atoms with Crippen molar-refractivity contribution in [2.75, 3.05) is 37.4 Å². The molecule has 0 aliphatic rings. The third kappa shape index (κ3) is 6.32. The summed E-state index contributed by atoms with van der Waals surface area (Å²) in [6.45, 7) is 6.94. The van der Waals surface area contributed by atoms with Crippen molar-refractivity contribution in [1.29, 1.82) is 0 Å². The minimum absolute atomic E-state index is 0.118. The first-order valence-electron chi connectivity index (χ1n) is 10.1. The maximum atomic E-state index is 12.7. The van der Waals surface area contributed by atoms with Crippen LogP contribution in [0.1, 0.15) is 31.9 Å². The van der Waals surface area contributed by atoms with Gasteiger partial charge >= 0.3 is 0 Å². The van der Waals surface area contributed by atoms with Crippen LogP contribution >= 0.6 is 0 Å². The van der Waals surface area contributed by atoms with Gasteiger partial charge in [0.05, 0.1) is 25.9 Å². The predicted molar refractivity (Wildman–Crippen MR) is 118 cm³/mol. The molecule has 6 nitrogen and oxygen atoms in total. The Kier molecular flexibility index (Phi) is 8.68. The molecule has 2 aromatic rings. The summed E-state index contributed by atoms with van der Waals surface area (Å²) >= 11 is 0. The molecule has 0 aliphatic carbocycles. The number of carbonyl (C=O) groups is 2. The standard InChI is InChI=1S/C23H31N3O3/c1-5-17-11-10-12-18(6-2)23(17)25-22(28)16-26(7-3)15-21(27)24-19-13-8-9-14-20(19)29-4/h8-14H,5-7,15-16H2,1-4H3,(H,24,27)(H,25,28). The minimum Gasteiger partial charge on any atom is -0.495 e. The first kappa shape index (κ1) is 22.4. The number of aryl methyl sites for hydroxylation is 2. The van der Waals surface area contributed by atoms with Crippen molar-refractivity contribution >= 4 is 23.2 Å². The van der Waals surface area contributed by atoms with Gasteiger partial charge in [-0.05, 0) is 42.6 Å². The van der Waals surface area contributed by atoms with Crippen LogP contribution in [0.15, 0.2) is 42.5 Å². The summed E-state index contributed by atoms with van der Waals surface area (Å²) in [6.07, 6.45) is 1.70. The van der Waals surface area contributed by atoms with Gasteiger partial charge in [-0.15, -0.1) is 0 Å². The summed E-state index contributed by atoms with van der Waals surface area (Å²) in [4.78, 5) is 26.9. The van der Waals surface area contributed by atoms with Gasteiger partial charge in [-0.2, -0.15) is 0 Å². The van der Waals surface area contributed by atoms with E-state index in [4.69, 9.17) is 4.74 Å². The number of methoxy groups -OCH3 is 1. The molecule has 0 unspecified atom stereocenters. The lowest BCUT2D eigenvalue weighted by Gasteiger charge is -2.21. The predicted octanol–water partition coefficient (Wildman–Crippen LogP) is 3.72. The highest BCUT2D eigenvalue weighted by Crippen LogP contribution is 2.23. The summed E-state index contributed by atoms with van der Waals surface area (Å²) in [5.41, 5.74) is 3.76. The van der Waals surface area contributed by atoms with Crippen molar-refractivity contribution in [3.63, 3.8) is 0 Å². The van der Waals surface area contributed by atoms with Gasteiger partial charge in [-0.3, -0.25) is 14.5 Å². The second kappa shape index (κ2) is 11.2. The lowest BCUT2D eigenvalue weighted by Crippen LogP contribution is -2.38. The van der Waals surface area contributed by atoms with Gasteiger partial charge in [-0.1, -0.05) is 51.1 Å². The monoisotopic (exact) mass is 397 g/mol. The van der Waals surface area contributed by atoms with E-state index in [2.05, 4.69) is 24.5 Å². The molecule has 0 fully saturated rings. The second-order valence-electron chi connectivity index (χ2n) is 6.76. The number of hydrogen-bond acceptors (Lipinski definition) is 4. The fourth-order valence-corrected chi connectivity index (χ4v) is 3.21. The van der Waals surface area contributed by atoms with Crippen LogP contribution in [0.2, 0.25) is 0 Å². The first-order valence-corrected chi connectivity index (χ1v) is 10.1. The average molecular weight is 398 g/mol. The van der Waals surface area contributed by atoms with Gasteiger partial charge in [0.25, 0.3) is 0 Å². The highest BCUT2D eigenvalue weighted by molar-refractivity contribution is 5.96. The number of benzene rings is 2. The third-order valence-electron chi connectivity index (χ3n) is 4.83. The number of anilines is 2. The molecule has 0 saturated heterocycles. The summed E-state index contributed by atoms with van der Waals surface area (Å²) in [5.74, 6) is 0.296. The van der Waals surface area contributed by atoms with Crippen LogP contribution in [-0.2, 0) is 22.4 Å². The van der Waals surface area contributed by atoms with Gasteiger partial charge in [0.1, 0.15) is 5.75 Å². The van der Waals surface area contributed by atoms with Crippen molar-refractivity contribution in [1.82, 2.24) is 4.90 Å². The molecule has 156 valence electrons. The zero-order chi connectivity index (χ0) is 21.2. The number of para-hydroxylation sites is 3. The molecule has 0 aromatic heterocycles. The Labute approximate surface area is 173 Å². The number of hydrogen-bond donors (Lipinski definition) is 2. The minimum atomic E-state index is -0.188. The second-order valence-corrected chi connectivity index (χ2v) is 6.76. The number of carbonyl (C=O) groups excluding carboxylic acids is 2. The molecule has 0 saturated carbocycles. The van der Waals surface area contributed by atoms with Gasteiger partial charge in [0, 0.05) is 5.69 Å². The summed E-state index contributed by atoms with van der Waals surface area (Å²) < 4.78 is 5.26. The summed E-state index contributed by atoms with van der Waals surface area (Å²) in [7, 11) is 1.56. The Morgan fingerprint density at radius 1 is 0.862 bits per heavy atom. The molecule has 0 aliphatic heterocycles. The zero-order valence-electron chi connectivity index (χ0n) is 17.7. The maximum absolute atomic E-state index is 12.7. The number of likely N-dealkylation sites (N-methyl/N-ethyl adjacent to an activating group) is 1. The van der Waals surface area contributed by atoms with Crippen molar-refractivity contribution in [3.05, 3.63) is 53.6 Å². The molecule has 0 heterocycles. The molecule has 2 N–H and O–H groups in total. The Morgan fingerprint density at radius 3 is 2.00 bits per heavy atom. The maximum Gasteiger partial charge on any atom is 0.238 e. The molecule has 2 rings (SSSR count). The van der Waals surface area contributed by atoms with Gasteiger partial charge in [-0.25, -0.2) is 0 Å². The van der Waals surface area contributed by atoms with Crippen LogP contribution in [0.3, 0.4) is 0 Å². The SMILES string of the molecule is CCc1cccc(CC)c1NC(=O)CN(CC)CC(=O)Nc1ccccc1OC. The molecule has 0 bridgehead atoms. The number of nitrogens with zero attached hydrogens (tertiary/aromatic N) is 1. The van der Waals surface area contributed by atoms with Gasteiger partial charge in [0.15, 0.2) is 0 Å². The number of amides is 2. The first-order chi connectivity index (χ1) is 14.0. The van der Waals surface area contributed by atoms with E-state index in [1.165, 1.54) is 0 Å². The lowest BCUT2D eigenvalue weighted by molar-refractivity contribution is -0.119. The Morgan fingerprint density at radius 2 is 1.45 bits per heavy atom. The quantitative estimate of drug-likeness (QED) is 0.641. The molecule has 29 heavy (non-hydrogen) atoms. The van der Waals surface area contributed by atoms with Crippen molar-refractivity contribution in [2.24, 2.45) is 0 Å². The van der Waals surface area contributed by atoms with Crippen LogP contribution in [0, 0.1) is 0 Å². The van der Waals surface area contributed by atoms with Crippen LogP contribution in [-0.4, -0.2) is 43.5 Å². The fourth-order valence-electron chi connectivity index (χ4n) is 3.21. The molecular weight excluding hydrogens is 366 g/mol. The molecule has 0 spiro atoms. The van der Waals surface area contributed by atoms with Crippen LogP contribution in [0.25, 0.3) is 0 Å². The molecular formula is C23H31N3O3. The van der Waals surface area contributed by atoms with Gasteiger partial charge in [0.2, 0.25) is 11.8 Å². The third-order valence-corrected chi connectivity index (χ3v) is 4.83. The van der Waals surface area contributed by atoms with E-state index in [-0.39, 0.29) is 24.9 Å². The Bertz CT molecular complexity index is 814. The highest BCUT2D eigenvalue weighted by atomic mass is 16.5. The van der Waals surface area contributed by atoms with Crippen LogP contribution in [0.5, 0.6) is 5.75 Å². The number of rotatable bonds is 10. The number of ether oxygens (including phenoxy) is 1. The topological polar surface area (TPSA) is 70.7 Å². The Balaban J connectivity index is 1.99.